The molecule has 20 heavy (non-hydrogen) atoms. The van der Waals surface area contributed by atoms with Crippen LogP contribution in [0.15, 0.2) is 24.3 Å². The smallest absolute Gasteiger partial charge is 0.106 e. The summed E-state index contributed by atoms with van der Waals surface area (Å²) in [6.45, 7) is 1.95. The zero-order chi connectivity index (χ0) is 14.6. The monoisotopic (exact) mass is 280 g/mol. The van der Waals surface area contributed by atoms with E-state index in [1.807, 2.05) is 12.1 Å². The minimum atomic E-state index is -0.917. The van der Waals surface area contributed by atoms with Gasteiger partial charge in [-0.05, 0) is 44.1 Å². The molecule has 1 fully saturated rings. The lowest BCUT2D eigenvalue weighted by Gasteiger charge is -2.33. The maximum Gasteiger partial charge on any atom is 0.106 e. The Hall–Kier alpha value is -0.980. The van der Waals surface area contributed by atoms with Crippen LogP contribution in [0.25, 0.3) is 0 Å². The van der Waals surface area contributed by atoms with Crippen molar-refractivity contribution in [2.45, 2.75) is 30.7 Å². The van der Waals surface area contributed by atoms with Crippen molar-refractivity contribution < 1.29 is 15.3 Å². The van der Waals surface area contributed by atoms with E-state index in [-0.39, 0.29) is 0 Å². The van der Waals surface area contributed by atoms with Gasteiger partial charge >= 0.3 is 0 Å². The molecule has 0 saturated carbocycles. The fraction of sp³-hybridized carbons (Fsp3) is 0.600. The third-order valence-electron chi connectivity index (χ3n) is 4.00. The number of likely N-dealkylation sites (N-methyl/N-ethyl adjacent to an activating group) is 1. The largest absolute Gasteiger partial charge is 0.389 e. The highest BCUT2D eigenvalue weighted by atomic mass is 16.3. The molecule has 1 saturated heterocycles. The summed E-state index contributed by atoms with van der Waals surface area (Å²) >= 11 is 0. The molecular weight excluding hydrogens is 256 g/mol. The highest BCUT2D eigenvalue weighted by Crippen LogP contribution is 2.31. The van der Waals surface area contributed by atoms with Crippen molar-refractivity contribution in [3.05, 3.63) is 35.4 Å². The predicted molar refractivity (Wildman–Crippen MR) is 77.3 cm³/mol. The van der Waals surface area contributed by atoms with E-state index < -0.39 is 17.8 Å². The first kappa shape index (κ1) is 15.4. The van der Waals surface area contributed by atoms with Gasteiger partial charge in [0.1, 0.15) is 6.10 Å². The molecule has 1 aliphatic rings. The highest BCUT2D eigenvalue weighted by Gasteiger charge is 2.31. The fourth-order valence-electron chi connectivity index (χ4n) is 2.66. The van der Waals surface area contributed by atoms with Crippen molar-refractivity contribution in [3.8, 4) is 0 Å². The summed E-state index contributed by atoms with van der Waals surface area (Å²) in [7, 11) is 1.73. The first-order valence-corrected chi connectivity index (χ1v) is 7.11. The normalized spacial score (nSPS) is 21.4. The van der Waals surface area contributed by atoms with Crippen molar-refractivity contribution in [1.29, 1.82) is 0 Å². The molecule has 5 nitrogen and oxygen atoms in total. The van der Waals surface area contributed by atoms with Gasteiger partial charge in [-0.1, -0.05) is 24.3 Å². The van der Waals surface area contributed by atoms with Crippen LogP contribution in [0.1, 0.15) is 30.1 Å². The van der Waals surface area contributed by atoms with E-state index in [1.54, 1.807) is 19.2 Å². The Kier molecular flexibility index (Phi) is 5.12. The molecule has 1 aliphatic heterocycles. The van der Waals surface area contributed by atoms with E-state index in [2.05, 4.69) is 10.6 Å². The molecule has 1 heterocycles. The molecule has 0 bridgehead atoms. The van der Waals surface area contributed by atoms with Gasteiger partial charge in [0, 0.05) is 6.54 Å². The fourth-order valence-corrected chi connectivity index (χ4v) is 2.66. The van der Waals surface area contributed by atoms with Gasteiger partial charge in [-0.15, -0.1) is 0 Å². The Morgan fingerprint density at radius 1 is 1.20 bits per heavy atom. The summed E-state index contributed by atoms with van der Waals surface area (Å²) < 4.78 is 0. The topological polar surface area (TPSA) is 84.8 Å². The van der Waals surface area contributed by atoms with Gasteiger partial charge in [0.25, 0.3) is 0 Å². The average Bonchev–Trinajstić information content (AvgIpc) is 2.48. The summed E-state index contributed by atoms with van der Waals surface area (Å²) in [5, 5.41) is 36.5. The standard InChI is InChI=1S/C15H24N2O3/c1-16-10-13(18)14(19)11-2-4-12(5-3-11)15(20)6-8-17-9-7-15/h2-5,13-14,16-20H,6-10H2,1H3. The Bertz CT molecular complexity index is 416. The van der Waals surface area contributed by atoms with Gasteiger partial charge < -0.3 is 26.0 Å². The second-order valence-electron chi connectivity index (χ2n) is 5.47. The molecule has 0 amide bonds. The molecule has 2 unspecified atom stereocenters. The number of rotatable bonds is 5. The van der Waals surface area contributed by atoms with Crippen molar-refractivity contribution in [1.82, 2.24) is 10.6 Å². The quantitative estimate of drug-likeness (QED) is 0.519. The van der Waals surface area contributed by atoms with Crippen LogP contribution in [0, 0.1) is 0 Å². The van der Waals surface area contributed by atoms with E-state index in [1.165, 1.54) is 0 Å². The van der Waals surface area contributed by atoms with Crippen molar-refractivity contribution in [2.75, 3.05) is 26.7 Å². The number of nitrogens with one attached hydrogen (secondary N) is 2. The van der Waals surface area contributed by atoms with Crippen LogP contribution < -0.4 is 10.6 Å². The van der Waals surface area contributed by atoms with Crippen LogP contribution in [0.5, 0.6) is 0 Å². The number of hydrogen-bond donors (Lipinski definition) is 5. The van der Waals surface area contributed by atoms with E-state index in [9.17, 15) is 15.3 Å². The highest BCUT2D eigenvalue weighted by molar-refractivity contribution is 5.29. The number of piperidine rings is 1. The van der Waals surface area contributed by atoms with E-state index in [4.69, 9.17) is 0 Å². The number of aliphatic hydroxyl groups is 3. The van der Waals surface area contributed by atoms with Crippen LogP contribution in [0.2, 0.25) is 0 Å². The molecule has 2 atom stereocenters. The van der Waals surface area contributed by atoms with E-state index in [0.717, 1.165) is 18.7 Å². The maximum atomic E-state index is 10.6. The minimum absolute atomic E-state index is 0.332. The molecule has 5 heteroatoms. The van der Waals surface area contributed by atoms with Gasteiger partial charge in [0.15, 0.2) is 0 Å². The Morgan fingerprint density at radius 3 is 2.35 bits per heavy atom. The number of hydrogen-bond acceptors (Lipinski definition) is 5. The second-order valence-corrected chi connectivity index (χ2v) is 5.47. The zero-order valence-corrected chi connectivity index (χ0v) is 11.8. The first-order chi connectivity index (χ1) is 9.57. The van der Waals surface area contributed by atoms with E-state index in [0.29, 0.717) is 24.9 Å². The maximum absolute atomic E-state index is 10.6. The molecule has 112 valence electrons. The lowest BCUT2D eigenvalue weighted by Crippen LogP contribution is -2.39. The Morgan fingerprint density at radius 2 is 1.80 bits per heavy atom. The van der Waals surface area contributed by atoms with Gasteiger partial charge in [0.2, 0.25) is 0 Å². The summed E-state index contributed by atoms with van der Waals surface area (Å²) in [6, 6.07) is 7.24. The number of aliphatic hydroxyl groups excluding tert-OH is 2. The average molecular weight is 280 g/mol. The number of benzene rings is 1. The van der Waals surface area contributed by atoms with Crippen LogP contribution in [0.4, 0.5) is 0 Å². The first-order valence-electron chi connectivity index (χ1n) is 7.11. The molecule has 0 radical (unpaired) electrons. The molecular formula is C15H24N2O3. The summed E-state index contributed by atoms with van der Waals surface area (Å²) in [5.41, 5.74) is 0.755. The van der Waals surface area contributed by atoms with Crippen molar-refractivity contribution >= 4 is 0 Å². The van der Waals surface area contributed by atoms with Gasteiger partial charge in [0.05, 0.1) is 11.7 Å². The molecule has 5 N–H and O–H groups in total. The van der Waals surface area contributed by atoms with Crippen LogP contribution in [-0.2, 0) is 5.60 Å². The Labute approximate surface area is 119 Å². The zero-order valence-electron chi connectivity index (χ0n) is 11.8. The predicted octanol–water partition coefficient (Wildman–Crippen LogP) is -0.129. The van der Waals surface area contributed by atoms with Crippen molar-refractivity contribution in [3.63, 3.8) is 0 Å². The Balaban J connectivity index is 2.09. The summed E-state index contributed by atoms with van der Waals surface area (Å²) in [6.07, 6.45) is -0.374. The summed E-state index contributed by atoms with van der Waals surface area (Å²) in [4.78, 5) is 0. The molecule has 1 aromatic carbocycles. The molecule has 1 aromatic rings. The molecule has 0 aliphatic carbocycles. The second kappa shape index (κ2) is 6.65. The van der Waals surface area contributed by atoms with E-state index >= 15 is 0 Å². The lowest BCUT2D eigenvalue weighted by molar-refractivity contribution is 0.00550. The van der Waals surface area contributed by atoms with Gasteiger partial charge in [-0.3, -0.25) is 0 Å². The van der Waals surface area contributed by atoms with Crippen LogP contribution >= 0.6 is 0 Å². The van der Waals surface area contributed by atoms with Gasteiger partial charge in [-0.2, -0.15) is 0 Å². The van der Waals surface area contributed by atoms with Crippen LogP contribution in [0.3, 0.4) is 0 Å². The van der Waals surface area contributed by atoms with Crippen molar-refractivity contribution in [2.24, 2.45) is 0 Å². The minimum Gasteiger partial charge on any atom is -0.389 e. The molecule has 0 aromatic heterocycles. The molecule has 0 spiro atoms. The lowest BCUT2D eigenvalue weighted by atomic mass is 9.84. The molecule has 2 rings (SSSR count). The van der Waals surface area contributed by atoms with Gasteiger partial charge in [-0.25, -0.2) is 0 Å². The third kappa shape index (κ3) is 3.37. The van der Waals surface area contributed by atoms with Crippen LogP contribution in [-0.4, -0.2) is 48.1 Å². The summed E-state index contributed by atoms with van der Waals surface area (Å²) in [5.74, 6) is 0. The third-order valence-corrected chi connectivity index (χ3v) is 4.00. The SMILES string of the molecule is CNCC(O)C(O)c1ccc(C2(O)CCNCC2)cc1.